The summed E-state index contributed by atoms with van der Waals surface area (Å²) in [5.41, 5.74) is 12.7. The average Bonchev–Trinajstić information content (AvgIpc) is 1.87. The molecule has 0 fully saturated rings. The molecule has 0 aliphatic heterocycles. The van der Waals surface area contributed by atoms with Crippen LogP contribution in [-0.4, -0.2) is 13.1 Å². The summed E-state index contributed by atoms with van der Waals surface area (Å²) in [4.78, 5) is 0. The van der Waals surface area contributed by atoms with Crippen LogP contribution in [0.3, 0.4) is 0 Å². The molecule has 0 aromatic carbocycles. The summed E-state index contributed by atoms with van der Waals surface area (Å²) in [5.74, 6) is 0. The molecule has 4 N–H and O–H groups in total. The molecule has 2 nitrogen and oxygen atoms in total. The van der Waals surface area contributed by atoms with E-state index in [1.165, 1.54) is 0 Å². The minimum absolute atomic E-state index is 0.511. The first-order chi connectivity index (χ1) is 4.20. The van der Waals surface area contributed by atoms with Crippen LogP contribution < -0.4 is 11.5 Å². The molecular formula is C7H14N2. The highest BCUT2D eigenvalue weighted by atomic mass is 14.5. The van der Waals surface area contributed by atoms with Gasteiger partial charge in [0.05, 0.1) is 0 Å². The lowest BCUT2D eigenvalue weighted by molar-refractivity contribution is 1.11. The molecule has 0 aromatic rings. The van der Waals surface area contributed by atoms with Crippen LogP contribution in [0, 0.1) is 0 Å². The van der Waals surface area contributed by atoms with Crippen molar-refractivity contribution in [3.05, 3.63) is 23.8 Å². The summed E-state index contributed by atoms with van der Waals surface area (Å²) in [5, 5.41) is 0. The van der Waals surface area contributed by atoms with Crippen molar-refractivity contribution in [3.63, 3.8) is 0 Å². The fourth-order valence-corrected chi connectivity index (χ4v) is 0.466. The molecule has 0 aromatic heterocycles. The molecule has 0 spiro atoms. The molecule has 0 amide bonds. The summed E-state index contributed by atoms with van der Waals surface area (Å²) < 4.78 is 0. The van der Waals surface area contributed by atoms with Crippen LogP contribution in [-0.2, 0) is 0 Å². The lowest BCUT2D eigenvalue weighted by Crippen LogP contribution is -2.03. The molecule has 0 rings (SSSR count). The molecule has 0 aliphatic rings. The van der Waals surface area contributed by atoms with Gasteiger partial charge in [-0.3, -0.25) is 0 Å². The van der Waals surface area contributed by atoms with Gasteiger partial charge in [0.1, 0.15) is 0 Å². The minimum Gasteiger partial charge on any atom is -0.327 e. The molecule has 0 radical (unpaired) electrons. The van der Waals surface area contributed by atoms with Crippen molar-refractivity contribution in [2.45, 2.75) is 6.92 Å². The van der Waals surface area contributed by atoms with Gasteiger partial charge < -0.3 is 11.5 Å². The van der Waals surface area contributed by atoms with E-state index >= 15 is 0 Å². The molecule has 9 heavy (non-hydrogen) atoms. The predicted molar refractivity (Wildman–Crippen MR) is 41.0 cm³/mol. The van der Waals surface area contributed by atoms with E-state index in [1.54, 1.807) is 0 Å². The normalized spacial score (nSPS) is 11.7. The average molecular weight is 126 g/mol. The zero-order valence-corrected chi connectivity index (χ0v) is 5.85. The molecule has 0 saturated carbocycles. The van der Waals surface area contributed by atoms with Gasteiger partial charge in [0.15, 0.2) is 0 Å². The van der Waals surface area contributed by atoms with Gasteiger partial charge in [-0.05, 0) is 12.5 Å². The van der Waals surface area contributed by atoms with Crippen molar-refractivity contribution >= 4 is 0 Å². The van der Waals surface area contributed by atoms with E-state index in [0.29, 0.717) is 13.1 Å². The molecule has 2 heteroatoms. The summed E-state index contributed by atoms with van der Waals surface area (Å²) in [6.45, 7) is 6.76. The first-order valence-electron chi connectivity index (χ1n) is 2.95. The Morgan fingerprint density at radius 2 is 2.00 bits per heavy atom. The topological polar surface area (TPSA) is 52.0 Å². The Balaban J connectivity index is 3.79. The highest BCUT2D eigenvalue weighted by Gasteiger charge is 1.85. The Hall–Kier alpha value is -0.600. The lowest BCUT2D eigenvalue weighted by Gasteiger charge is -1.95. The molecular weight excluding hydrogens is 112 g/mol. The summed E-state index contributed by atoms with van der Waals surface area (Å²) in [7, 11) is 0. The van der Waals surface area contributed by atoms with E-state index < -0.39 is 0 Å². The fraction of sp³-hybridized carbons (Fsp3) is 0.429. The molecule has 0 unspecified atom stereocenters. The van der Waals surface area contributed by atoms with Crippen molar-refractivity contribution in [3.8, 4) is 0 Å². The van der Waals surface area contributed by atoms with E-state index in [-0.39, 0.29) is 0 Å². The van der Waals surface area contributed by atoms with E-state index in [4.69, 9.17) is 11.5 Å². The third-order valence-electron chi connectivity index (χ3n) is 1.03. The number of rotatable bonds is 3. The van der Waals surface area contributed by atoms with Crippen LogP contribution in [0.5, 0.6) is 0 Å². The zero-order valence-electron chi connectivity index (χ0n) is 5.85. The lowest BCUT2D eigenvalue weighted by atomic mass is 10.2. The largest absolute Gasteiger partial charge is 0.327 e. The first kappa shape index (κ1) is 8.40. The predicted octanol–water partition coefficient (Wildman–Crippen LogP) is 0.406. The Kier molecular flexibility index (Phi) is 4.01. The second-order valence-electron chi connectivity index (χ2n) is 2.06. The van der Waals surface area contributed by atoms with E-state index in [9.17, 15) is 0 Å². The second kappa shape index (κ2) is 4.30. The van der Waals surface area contributed by atoms with Gasteiger partial charge in [-0.2, -0.15) is 0 Å². The molecule has 0 atom stereocenters. The molecule has 52 valence electrons. The van der Waals surface area contributed by atoms with Crippen LogP contribution in [0.1, 0.15) is 6.92 Å². The molecule has 0 bridgehead atoms. The van der Waals surface area contributed by atoms with Gasteiger partial charge in [0.25, 0.3) is 0 Å². The molecule has 0 saturated heterocycles. The third-order valence-corrected chi connectivity index (χ3v) is 1.03. The van der Waals surface area contributed by atoms with Gasteiger partial charge in [-0.25, -0.2) is 0 Å². The van der Waals surface area contributed by atoms with E-state index in [1.807, 2.05) is 13.0 Å². The van der Waals surface area contributed by atoms with Crippen LogP contribution in [0.25, 0.3) is 0 Å². The maximum Gasteiger partial charge on any atom is 0.0172 e. The third kappa shape index (κ3) is 3.94. The van der Waals surface area contributed by atoms with E-state index in [2.05, 4.69) is 6.58 Å². The first-order valence-corrected chi connectivity index (χ1v) is 2.95. The van der Waals surface area contributed by atoms with Crippen LogP contribution in [0.4, 0.5) is 0 Å². The van der Waals surface area contributed by atoms with Crippen molar-refractivity contribution in [2.24, 2.45) is 11.5 Å². The highest BCUT2D eigenvalue weighted by molar-refractivity contribution is 5.20. The second-order valence-corrected chi connectivity index (χ2v) is 2.06. The fourth-order valence-electron chi connectivity index (χ4n) is 0.466. The monoisotopic (exact) mass is 126 g/mol. The smallest absolute Gasteiger partial charge is 0.0172 e. The van der Waals surface area contributed by atoms with Crippen molar-refractivity contribution < 1.29 is 0 Å². The Labute approximate surface area is 56.2 Å². The van der Waals surface area contributed by atoms with Crippen LogP contribution >= 0.6 is 0 Å². The highest BCUT2D eigenvalue weighted by Crippen LogP contribution is 1.95. The molecule has 0 aliphatic carbocycles. The molecule has 0 heterocycles. The van der Waals surface area contributed by atoms with Crippen LogP contribution in [0.2, 0.25) is 0 Å². The summed E-state index contributed by atoms with van der Waals surface area (Å²) >= 11 is 0. The number of hydrogen-bond donors (Lipinski definition) is 2. The van der Waals surface area contributed by atoms with Gasteiger partial charge in [-0.15, -0.1) is 0 Å². The van der Waals surface area contributed by atoms with E-state index in [0.717, 1.165) is 11.1 Å². The van der Waals surface area contributed by atoms with Crippen molar-refractivity contribution in [2.75, 3.05) is 13.1 Å². The summed E-state index contributed by atoms with van der Waals surface area (Å²) in [6.07, 6.45) is 1.92. The van der Waals surface area contributed by atoms with Gasteiger partial charge in [-0.1, -0.05) is 18.2 Å². The maximum absolute atomic E-state index is 5.32. The SMILES string of the molecule is C=C(C=C(C)CN)CN. The van der Waals surface area contributed by atoms with Crippen molar-refractivity contribution in [1.29, 1.82) is 0 Å². The van der Waals surface area contributed by atoms with Gasteiger partial charge in [0.2, 0.25) is 0 Å². The maximum atomic E-state index is 5.32. The minimum atomic E-state index is 0.511. The summed E-state index contributed by atoms with van der Waals surface area (Å²) in [6, 6.07) is 0. The quantitative estimate of drug-likeness (QED) is 0.538. The zero-order chi connectivity index (χ0) is 7.28. The van der Waals surface area contributed by atoms with Gasteiger partial charge in [0, 0.05) is 13.1 Å². The van der Waals surface area contributed by atoms with Gasteiger partial charge >= 0.3 is 0 Å². The Morgan fingerprint density at radius 3 is 2.33 bits per heavy atom. The Bertz CT molecular complexity index is 125. The standard InChI is InChI=1S/C7H14N2/c1-6(4-8)3-7(2)5-9/h3H,1,4-5,8-9H2,2H3. The Morgan fingerprint density at radius 1 is 1.44 bits per heavy atom. The van der Waals surface area contributed by atoms with Crippen molar-refractivity contribution in [1.82, 2.24) is 0 Å². The van der Waals surface area contributed by atoms with Crippen LogP contribution in [0.15, 0.2) is 23.8 Å². The number of nitrogens with two attached hydrogens (primary N) is 2. The number of hydrogen-bond acceptors (Lipinski definition) is 2.